The van der Waals surface area contributed by atoms with Gasteiger partial charge in [0.05, 0.1) is 16.2 Å². The van der Waals surface area contributed by atoms with E-state index in [1.54, 1.807) is 11.0 Å². The van der Waals surface area contributed by atoms with E-state index in [1.807, 2.05) is 24.3 Å². The van der Waals surface area contributed by atoms with Gasteiger partial charge in [-0.2, -0.15) is 5.10 Å². The van der Waals surface area contributed by atoms with Crippen LogP contribution in [0.15, 0.2) is 55.1 Å². The van der Waals surface area contributed by atoms with E-state index in [9.17, 15) is 14.9 Å². The number of carbonyl (C=O) groups excluding carboxylic acids is 1. The Morgan fingerprint density at radius 2 is 2.08 bits per heavy atom. The molecule has 1 aromatic heterocycles. The molecule has 3 N–H and O–H groups in total. The molecule has 25 heavy (non-hydrogen) atoms. The minimum Gasteiger partial charge on any atom is -0.393 e. The molecular formula is C16H14N6O3. The van der Waals surface area contributed by atoms with Gasteiger partial charge >= 0.3 is 0 Å². The van der Waals surface area contributed by atoms with E-state index in [0.717, 1.165) is 11.3 Å². The molecule has 2 aromatic carbocycles. The Kier molecular flexibility index (Phi) is 4.38. The quantitative estimate of drug-likeness (QED) is 0.414. The van der Waals surface area contributed by atoms with Crippen LogP contribution in [-0.2, 0) is 6.54 Å². The number of nitrogen functional groups attached to an aromatic ring is 1. The van der Waals surface area contributed by atoms with Crippen molar-refractivity contribution >= 4 is 17.3 Å². The molecule has 0 unspecified atom stereocenters. The fourth-order valence-electron chi connectivity index (χ4n) is 2.34. The van der Waals surface area contributed by atoms with Crippen molar-refractivity contribution < 1.29 is 9.72 Å². The molecular weight excluding hydrogens is 324 g/mol. The minimum absolute atomic E-state index is 0.0710. The second-order valence-electron chi connectivity index (χ2n) is 5.19. The number of nitrogens with two attached hydrogens (primary N) is 1. The zero-order valence-corrected chi connectivity index (χ0v) is 13.0. The predicted molar refractivity (Wildman–Crippen MR) is 90.0 cm³/mol. The first-order chi connectivity index (χ1) is 12.1. The lowest BCUT2D eigenvalue weighted by molar-refractivity contribution is -0.383. The third-order valence-corrected chi connectivity index (χ3v) is 3.57. The molecule has 9 heteroatoms. The second kappa shape index (κ2) is 6.79. The van der Waals surface area contributed by atoms with E-state index < -0.39 is 10.8 Å². The van der Waals surface area contributed by atoms with Crippen LogP contribution in [0.2, 0.25) is 0 Å². The smallest absolute Gasteiger partial charge is 0.292 e. The summed E-state index contributed by atoms with van der Waals surface area (Å²) in [5.74, 6) is -0.479. The van der Waals surface area contributed by atoms with E-state index in [-0.39, 0.29) is 23.5 Å². The Balaban J connectivity index is 1.74. The number of para-hydroxylation sites is 1. The van der Waals surface area contributed by atoms with E-state index >= 15 is 0 Å². The lowest BCUT2D eigenvalue weighted by Crippen LogP contribution is -2.24. The summed E-state index contributed by atoms with van der Waals surface area (Å²) in [5.41, 5.74) is 6.99. The van der Waals surface area contributed by atoms with Gasteiger partial charge in [-0.3, -0.25) is 14.9 Å². The molecule has 126 valence electrons. The first kappa shape index (κ1) is 16.1. The summed E-state index contributed by atoms with van der Waals surface area (Å²) in [5, 5.41) is 17.7. The normalized spacial score (nSPS) is 10.4. The molecule has 0 aliphatic heterocycles. The van der Waals surface area contributed by atoms with E-state index in [2.05, 4.69) is 15.4 Å². The molecule has 0 saturated heterocycles. The fraction of sp³-hybridized carbons (Fsp3) is 0.0625. The Bertz CT molecular complexity index is 923. The summed E-state index contributed by atoms with van der Waals surface area (Å²) in [4.78, 5) is 26.5. The number of amides is 1. The van der Waals surface area contributed by atoms with Crippen LogP contribution in [0.3, 0.4) is 0 Å². The Labute approximate surface area is 142 Å². The summed E-state index contributed by atoms with van der Waals surface area (Å²) in [6, 6.07) is 11.5. The van der Waals surface area contributed by atoms with Crippen LogP contribution in [0, 0.1) is 10.1 Å². The highest BCUT2D eigenvalue weighted by molar-refractivity contribution is 6.00. The highest BCUT2D eigenvalue weighted by atomic mass is 16.6. The molecule has 3 rings (SSSR count). The van der Waals surface area contributed by atoms with E-state index in [0.29, 0.717) is 0 Å². The van der Waals surface area contributed by atoms with Gasteiger partial charge in [-0.1, -0.05) is 18.2 Å². The molecule has 0 radical (unpaired) electrons. The number of nitrogens with zero attached hydrogens (tertiary/aromatic N) is 4. The highest BCUT2D eigenvalue weighted by Gasteiger charge is 2.18. The van der Waals surface area contributed by atoms with Crippen LogP contribution in [0.4, 0.5) is 11.4 Å². The molecule has 1 heterocycles. The number of aromatic nitrogens is 3. The topological polar surface area (TPSA) is 129 Å². The first-order valence-corrected chi connectivity index (χ1v) is 7.31. The van der Waals surface area contributed by atoms with Gasteiger partial charge in [0.1, 0.15) is 18.3 Å². The van der Waals surface area contributed by atoms with Crippen LogP contribution in [0.5, 0.6) is 0 Å². The third-order valence-electron chi connectivity index (χ3n) is 3.57. The summed E-state index contributed by atoms with van der Waals surface area (Å²) in [6.07, 6.45) is 3.00. The lowest BCUT2D eigenvalue weighted by Gasteiger charge is -2.09. The molecule has 0 spiro atoms. The number of benzene rings is 2. The van der Waals surface area contributed by atoms with Crippen molar-refractivity contribution in [3.8, 4) is 5.69 Å². The van der Waals surface area contributed by atoms with Gasteiger partial charge in [-0.15, -0.1) is 0 Å². The van der Waals surface area contributed by atoms with Crippen molar-refractivity contribution in [3.63, 3.8) is 0 Å². The molecule has 0 aliphatic rings. The number of carbonyl (C=O) groups is 1. The summed E-state index contributed by atoms with van der Waals surface area (Å²) >= 11 is 0. The number of hydrogen-bond acceptors (Lipinski definition) is 6. The lowest BCUT2D eigenvalue weighted by atomic mass is 10.1. The van der Waals surface area contributed by atoms with Gasteiger partial charge in [0.15, 0.2) is 0 Å². The number of rotatable bonds is 5. The van der Waals surface area contributed by atoms with Gasteiger partial charge in [0, 0.05) is 12.6 Å². The van der Waals surface area contributed by atoms with Crippen molar-refractivity contribution in [3.05, 3.63) is 76.4 Å². The fourth-order valence-corrected chi connectivity index (χ4v) is 2.34. The Morgan fingerprint density at radius 1 is 1.28 bits per heavy atom. The van der Waals surface area contributed by atoms with Crippen molar-refractivity contribution in [2.75, 3.05) is 5.73 Å². The maximum atomic E-state index is 12.3. The van der Waals surface area contributed by atoms with Gasteiger partial charge < -0.3 is 11.1 Å². The maximum Gasteiger partial charge on any atom is 0.292 e. The summed E-state index contributed by atoms with van der Waals surface area (Å²) in [7, 11) is 0. The molecule has 1 amide bonds. The first-order valence-electron chi connectivity index (χ1n) is 7.31. The molecule has 0 saturated carbocycles. The van der Waals surface area contributed by atoms with Crippen molar-refractivity contribution in [1.29, 1.82) is 0 Å². The SMILES string of the molecule is Nc1c(C(=O)NCc2cccc(-n3cncn3)c2)cccc1[N+](=O)[O-]. The van der Waals surface area contributed by atoms with Crippen LogP contribution in [-0.4, -0.2) is 25.6 Å². The van der Waals surface area contributed by atoms with Gasteiger partial charge in [-0.25, -0.2) is 9.67 Å². The molecule has 0 fully saturated rings. The Hall–Kier alpha value is -3.75. The third kappa shape index (κ3) is 3.44. The highest BCUT2D eigenvalue weighted by Crippen LogP contribution is 2.24. The standard InChI is InChI=1S/C16H14N6O3/c17-15-13(5-2-6-14(15)22(24)25)16(23)19-8-11-3-1-4-12(7-11)21-10-18-9-20-21/h1-7,9-10H,8,17H2,(H,19,23). The zero-order valence-electron chi connectivity index (χ0n) is 13.0. The van der Waals surface area contributed by atoms with Crippen molar-refractivity contribution in [2.45, 2.75) is 6.54 Å². The summed E-state index contributed by atoms with van der Waals surface area (Å²) in [6.45, 7) is 0.240. The predicted octanol–water partition coefficient (Wildman–Crippen LogP) is 1.69. The average molecular weight is 338 g/mol. The second-order valence-corrected chi connectivity index (χ2v) is 5.19. The van der Waals surface area contributed by atoms with E-state index in [4.69, 9.17) is 5.73 Å². The molecule has 3 aromatic rings. The molecule has 0 bridgehead atoms. The Morgan fingerprint density at radius 3 is 2.80 bits per heavy atom. The monoisotopic (exact) mass is 338 g/mol. The molecule has 0 aliphatic carbocycles. The summed E-state index contributed by atoms with van der Waals surface area (Å²) < 4.78 is 1.60. The number of anilines is 1. The zero-order chi connectivity index (χ0) is 17.8. The number of nitro groups is 1. The number of nitrogens with one attached hydrogen (secondary N) is 1. The molecule has 0 atom stereocenters. The van der Waals surface area contributed by atoms with Crippen LogP contribution in [0.25, 0.3) is 5.69 Å². The van der Waals surface area contributed by atoms with Gasteiger partial charge in [0.25, 0.3) is 11.6 Å². The molecule has 9 nitrogen and oxygen atoms in total. The van der Waals surface area contributed by atoms with Crippen LogP contribution >= 0.6 is 0 Å². The number of hydrogen-bond donors (Lipinski definition) is 2. The average Bonchev–Trinajstić information content (AvgIpc) is 3.14. The number of nitro benzene ring substituents is 1. The maximum absolute atomic E-state index is 12.3. The van der Waals surface area contributed by atoms with Gasteiger partial charge in [-0.05, 0) is 23.8 Å². The van der Waals surface area contributed by atoms with Crippen LogP contribution in [0.1, 0.15) is 15.9 Å². The van der Waals surface area contributed by atoms with Crippen LogP contribution < -0.4 is 11.1 Å². The largest absolute Gasteiger partial charge is 0.393 e. The van der Waals surface area contributed by atoms with Gasteiger partial charge in [0.2, 0.25) is 0 Å². The minimum atomic E-state index is -0.617. The van der Waals surface area contributed by atoms with E-state index in [1.165, 1.54) is 24.5 Å². The van der Waals surface area contributed by atoms with Crippen molar-refractivity contribution in [2.24, 2.45) is 0 Å². The van der Waals surface area contributed by atoms with Crippen molar-refractivity contribution in [1.82, 2.24) is 20.1 Å².